The number of nitrogens with one attached hydrogen (secondary N) is 2. The first-order valence-corrected chi connectivity index (χ1v) is 16.6. The van der Waals surface area contributed by atoms with Crippen LogP contribution in [0.4, 0.5) is 0 Å². The van der Waals surface area contributed by atoms with Crippen LogP contribution in [0.25, 0.3) is 10.8 Å². The van der Waals surface area contributed by atoms with Gasteiger partial charge in [-0.25, -0.2) is 0 Å². The monoisotopic (exact) mass is 636 g/mol. The summed E-state index contributed by atoms with van der Waals surface area (Å²) in [5.41, 5.74) is 9.74. The molecule has 4 rings (SSSR count). The molecule has 3 amide bonds. The number of hydrogen-bond acceptors (Lipinski definition) is 5. The molecule has 248 valence electrons. The quantitative estimate of drug-likeness (QED) is 0.128. The lowest BCUT2D eigenvalue weighted by molar-refractivity contribution is -0.130. The highest BCUT2D eigenvalue weighted by Crippen LogP contribution is 2.21. The minimum atomic E-state index is -0.862. The number of hydrogen-bond donors (Lipinski definition) is 4. The number of aliphatic hydroxyl groups excluding tert-OH is 1. The average Bonchev–Trinajstić information content (AvgIpc) is 3.04. The third kappa shape index (κ3) is 11.0. The van der Waals surface area contributed by atoms with Crippen molar-refractivity contribution in [2.75, 3.05) is 19.6 Å². The average molecular weight is 637 g/mol. The molecular weight excluding hydrogens is 588 g/mol. The van der Waals surface area contributed by atoms with Crippen molar-refractivity contribution in [3.63, 3.8) is 0 Å². The molecule has 0 aliphatic carbocycles. The first-order valence-electron chi connectivity index (χ1n) is 16.6. The number of nitrogens with zero attached hydrogens (tertiary/aromatic N) is 1. The molecule has 2 atom stereocenters. The molecule has 4 aromatic rings. The standard InChI is InChI=1S/C39H48N4O4/c1-3-17-43(18-4-2)39(47)24-31-20-29(22-37(40)45)19-30(21-31)23-38(46)42-35(36(44)27-41-26-28-11-6-5-7-12-28)25-33-15-10-14-32-13-8-9-16-34(32)33/h5-16,19-21,35-36,41,44H,3-4,17-18,22-27H2,1-2H3,(H2,40,45)(H,42,46)/t35-,36+/m0/s1. The summed E-state index contributed by atoms with van der Waals surface area (Å²) >= 11 is 0. The number of carbonyl (C=O) groups excluding carboxylic acids is 3. The molecular formula is C39H48N4O4. The fourth-order valence-electron chi connectivity index (χ4n) is 6.07. The molecule has 0 fully saturated rings. The van der Waals surface area contributed by atoms with Crippen molar-refractivity contribution >= 4 is 28.5 Å². The van der Waals surface area contributed by atoms with Gasteiger partial charge in [0, 0.05) is 26.2 Å². The zero-order chi connectivity index (χ0) is 33.6. The molecule has 0 aliphatic heterocycles. The summed E-state index contributed by atoms with van der Waals surface area (Å²) in [5.74, 6) is -0.727. The van der Waals surface area contributed by atoms with Crippen LogP contribution in [0.5, 0.6) is 0 Å². The van der Waals surface area contributed by atoms with Gasteiger partial charge in [0.15, 0.2) is 0 Å². The second-order valence-corrected chi connectivity index (χ2v) is 12.2. The highest BCUT2D eigenvalue weighted by atomic mass is 16.3. The smallest absolute Gasteiger partial charge is 0.226 e. The van der Waals surface area contributed by atoms with Crippen molar-refractivity contribution in [1.82, 2.24) is 15.5 Å². The van der Waals surface area contributed by atoms with Crippen LogP contribution in [0.2, 0.25) is 0 Å². The Morgan fingerprint density at radius 1 is 0.766 bits per heavy atom. The summed E-state index contributed by atoms with van der Waals surface area (Å²) in [7, 11) is 0. The van der Waals surface area contributed by atoms with Gasteiger partial charge in [-0.05, 0) is 57.9 Å². The minimum absolute atomic E-state index is 0.0137. The van der Waals surface area contributed by atoms with E-state index in [2.05, 4.69) is 28.8 Å². The normalized spacial score (nSPS) is 12.4. The van der Waals surface area contributed by atoms with E-state index in [9.17, 15) is 19.5 Å². The van der Waals surface area contributed by atoms with E-state index in [0.29, 0.717) is 37.2 Å². The Kier molecular flexibility index (Phi) is 13.5. The van der Waals surface area contributed by atoms with Gasteiger partial charge >= 0.3 is 0 Å². The Balaban J connectivity index is 1.53. The van der Waals surface area contributed by atoms with Crippen LogP contribution in [-0.2, 0) is 46.6 Å². The Morgan fingerprint density at radius 2 is 1.38 bits per heavy atom. The second kappa shape index (κ2) is 18.0. The third-order valence-corrected chi connectivity index (χ3v) is 8.21. The Bertz CT molecular complexity index is 1610. The second-order valence-electron chi connectivity index (χ2n) is 12.2. The van der Waals surface area contributed by atoms with Crippen molar-refractivity contribution in [2.24, 2.45) is 5.73 Å². The molecule has 8 heteroatoms. The van der Waals surface area contributed by atoms with Crippen LogP contribution in [0.1, 0.15) is 54.5 Å². The topological polar surface area (TPSA) is 125 Å². The number of aliphatic hydroxyl groups is 1. The molecule has 47 heavy (non-hydrogen) atoms. The number of carbonyl (C=O) groups is 3. The summed E-state index contributed by atoms with van der Waals surface area (Å²) in [6.45, 7) is 6.34. The Labute approximate surface area is 278 Å². The molecule has 5 N–H and O–H groups in total. The van der Waals surface area contributed by atoms with Crippen LogP contribution in [-0.4, -0.2) is 59.5 Å². The first-order chi connectivity index (χ1) is 22.7. The Morgan fingerprint density at radius 3 is 2.06 bits per heavy atom. The zero-order valence-corrected chi connectivity index (χ0v) is 27.6. The van der Waals surface area contributed by atoms with Crippen molar-refractivity contribution in [2.45, 2.75) is 71.1 Å². The van der Waals surface area contributed by atoms with Gasteiger partial charge in [0.1, 0.15) is 0 Å². The lowest BCUT2D eigenvalue weighted by Gasteiger charge is -2.26. The lowest BCUT2D eigenvalue weighted by Crippen LogP contribution is -2.49. The molecule has 0 unspecified atom stereocenters. The minimum Gasteiger partial charge on any atom is -0.390 e. The van der Waals surface area contributed by atoms with E-state index in [4.69, 9.17) is 5.73 Å². The largest absolute Gasteiger partial charge is 0.390 e. The molecule has 0 aliphatic rings. The molecule has 0 saturated heterocycles. The van der Waals surface area contributed by atoms with Gasteiger partial charge in [-0.15, -0.1) is 0 Å². The van der Waals surface area contributed by atoms with Crippen molar-refractivity contribution in [3.8, 4) is 0 Å². The molecule has 4 aromatic carbocycles. The predicted molar refractivity (Wildman–Crippen MR) is 188 cm³/mol. The summed E-state index contributed by atoms with van der Waals surface area (Å²) in [4.78, 5) is 40.4. The predicted octanol–water partition coefficient (Wildman–Crippen LogP) is 4.48. The van der Waals surface area contributed by atoms with Gasteiger partial charge in [-0.1, -0.05) is 105 Å². The molecule has 0 radical (unpaired) electrons. The summed E-state index contributed by atoms with van der Waals surface area (Å²) < 4.78 is 0. The van der Waals surface area contributed by atoms with Crippen LogP contribution in [0.3, 0.4) is 0 Å². The van der Waals surface area contributed by atoms with Crippen LogP contribution in [0, 0.1) is 0 Å². The fraction of sp³-hybridized carbons (Fsp3) is 0.359. The van der Waals surface area contributed by atoms with E-state index in [-0.39, 0.29) is 37.6 Å². The SMILES string of the molecule is CCCN(CCC)C(=O)Cc1cc(CC(N)=O)cc(CC(=O)N[C@@H](Cc2cccc3ccccc23)[C@H](O)CNCc2ccccc2)c1. The zero-order valence-electron chi connectivity index (χ0n) is 27.6. The number of benzene rings is 4. The number of primary amides is 1. The fourth-order valence-corrected chi connectivity index (χ4v) is 6.07. The third-order valence-electron chi connectivity index (χ3n) is 8.21. The van der Waals surface area contributed by atoms with E-state index < -0.39 is 18.1 Å². The van der Waals surface area contributed by atoms with E-state index in [0.717, 1.165) is 40.3 Å². The van der Waals surface area contributed by atoms with Gasteiger partial charge in [-0.3, -0.25) is 14.4 Å². The van der Waals surface area contributed by atoms with E-state index in [1.54, 1.807) is 6.07 Å². The lowest BCUT2D eigenvalue weighted by atomic mass is 9.95. The molecule has 0 spiro atoms. The van der Waals surface area contributed by atoms with Gasteiger partial charge in [-0.2, -0.15) is 0 Å². The molecule has 0 heterocycles. The number of nitrogens with two attached hydrogens (primary N) is 1. The molecule has 0 saturated carbocycles. The summed E-state index contributed by atoms with van der Waals surface area (Å²) in [5, 5.41) is 20.0. The van der Waals surface area contributed by atoms with E-state index >= 15 is 0 Å². The maximum absolute atomic E-state index is 13.6. The van der Waals surface area contributed by atoms with Gasteiger partial charge in [0.05, 0.1) is 31.4 Å². The molecule has 0 bridgehead atoms. The summed E-state index contributed by atoms with van der Waals surface area (Å²) in [6, 6.07) is 29.0. The highest BCUT2D eigenvalue weighted by Gasteiger charge is 2.23. The van der Waals surface area contributed by atoms with Gasteiger partial charge < -0.3 is 26.4 Å². The molecule has 0 aromatic heterocycles. The van der Waals surface area contributed by atoms with Crippen LogP contribution in [0.15, 0.2) is 91.0 Å². The Hall–Kier alpha value is -4.53. The van der Waals surface area contributed by atoms with Crippen molar-refractivity contribution in [3.05, 3.63) is 119 Å². The maximum atomic E-state index is 13.6. The van der Waals surface area contributed by atoms with Gasteiger partial charge in [0.25, 0.3) is 0 Å². The number of amides is 3. The number of fused-ring (bicyclic) bond motifs is 1. The van der Waals surface area contributed by atoms with E-state index in [1.807, 2.05) is 85.5 Å². The summed E-state index contributed by atoms with van der Waals surface area (Å²) in [6.07, 6.45) is 1.53. The van der Waals surface area contributed by atoms with Crippen molar-refractivity contribution < 1.29 is 19.5 Å². The maximum Gasteiger partial charge on any atom is 0.226 e. The number of rotatable bonds is 18. The van der Waals surface area contributed by atoms with Crippen molar-refractivity contribution in [1.29, 1.82) is 0 Å². The van der Waals surface area contributed by atoms with Gasteiger partial charge in [0.2, 0.25) is 17.7 Å². The molecule has 8 nitrogen and oxygen atoms in total. The first kappa shape index (κ1) is 35.3. The van der Waals surface area contributed by atoms with E-state index in [1.165, 1.54) is 0 Å². The highest BCUT2D eigenvalue weighted by molar-refractivity contribution is 5.86. The van der Waals surface area contributed by atoms with Crippen LogP contribution >= 0.6 is 0 Å². The van der Waals surface area contributed by atoms with Crippen LogP contribution < -0.4 is 16.4 Å².